The van der Waals surface area contributed by atoms with E-state index in [1.165, 1.54) is 0 Å². The highest BCUT2D eigenvalue weighted by molar-refractivity contribution is 7.80. The van der Waals surface area contributed by atoms with Gasteiger partial charge in [0.2, 0.25) is 0 Å². The van der Waals surface area contributed by atoms with Gasteiger partial charge in [0.1, 0.15) is 4.99 Å². The lowest BCUT2D eigenvalue weighted by atomic mass is 9.90. The van der Waals surface area contributed by atoms with Crippen LogP contribution in [-0.2, 0) is 6.54 Å². The number of hydrogen-bond acceptors (Lipinski definition) is 2. The van der Waals surface area contributed by atoms with E-state index >= 15 is 0 Å². The van der Waals surface area contributed by atoms with Gasteiger partial charge in [-0.2, -0.15) is 0 Å². The number of nitrogens with zero attached hydrogens (tertiary/aromatic N) is 1. The number of thiocarbonyl (C=S) groups is 1. The second kappa shape index (κ2) is 5.65. The van der Waals surface area contributed by atoms with Crippen LogP contribution in [0.3, 0.4) is 0 Å². The second-order valence-electron chi connectivity index (χ2n) is 5.87. The van der Waals surface area contributed by atoms with Gasteiger partial charge in [0, 0.05) is 12.2 Å². The highest BCUT2D eigenvalue weighted by Gasteiger charge is 2.12. The van der Waals surface area contributed by atoms with Crippen LogP contribution in [-0.4, -0.2) is 9.56 Å². The average Bonchev–Trinajstić information content (AvgIpc) is 2.20. The highest BCUT2D eigenvalue weighted by Crippen LogP contribution is 2.20. The Kier molecular flexibility index (Phi) is 4.68. The maximum atomic E-state index is 12.2. The van der Waals surface area contributed by atoms with E-state index in [9.17, 15) is 4.79 Å². The molecule has 0 aliphatic carbocycles. The Morgan fingerprint density at radius 1 is 1.39 bits per heavy atom. The maximum absolute atomic E-state index is 12.2. The molecule has 0 amide bonds. The van der Waals surface area contributed by atoms with E-state index in [4.69, 9.17) is 18.0 Å². The van der Waals surface area contributed by atoms with Gasteiger partial charge in [0.25, 0.3) is 5.56 Å². The molecule has 0 saturated carbocycles. The molecule has 0 aromatic carbocycles. The lowest BCUT2D eigenvalue weighted by molar-refractivity contribution is 0.351. The Labute approximate surface area is 114 Å². The monoisotopic (exact) mass is 266 g/mol. The van der Waals surface area contributed by atoms with Crippen molar-refractivity contribution in [2.75, 3.05) is 0 Å². The van der Waals surface area contributed by atoms with Crippen LogP contribution in [0, 0.1) is 12.3 Å². The van der Waals surface area contributed by atoms with Crippen LogP contribution in [0.25, 0.3) is 0 Å². The number of aryl methyl sites for hydroxylation is 1. The molecule has 0 unspecified atom stereocenters. The number of rotatable bonds is 4. The molecule has 3 nitrogen and oxygen atoms in total. The number of pyridine rings is 1. The van der Waals surface area contributed by atoms with E-state index in [1.54, 1.807) is 10.6 Å². The summed E-state index contributed by atoms with van der Waals surface area (Å²) in [7, 11) is 0. The van der Waals surface area contributed by atoms with Crippen LogP contribution in [0.1, 0.15) is 44.9 Å². The minimum Gasteiger partial charge on any atom is -0.389 e. The van der Waals surface area contributed by atoms with Crippen molar-refractivity contribution >= 4 is 17.2 Å². The predicted molar refractivity (Wildman–Crippen MR) is 80.0 cm³/mol. The normalized spacial score (nSPS) is 11.6. The SMILES string of the molecule is Cc1ccc(C(N)=S)c(=O)n1CCCC(C)(C)C. The minimum absolute atomic E-state index is 0.0728. The molecule has 1 rings (SSSR count). The Morgan fingerprint density at radius 2 is 2.00 bits per heavy atom. The van der Waals surface area contributed by atoms with Gasteiger partial charge in [-0.05, 0) is 37.3 Å². The Hall–Kier alpha value is -1.16. The lowest BCUT2D eigenvalue weighted by Crippen LogP contribution is -2.30. The van der Waals surface area contributed by atoms with Crippen molar-refractivity contribution < 1.29 is 0 Å². The second-order valence-corrected chi connectivity index (χ2v) is 6.31. The molecule has 0 saturated heterocycles. The molecule has 2 N–H and O–H groups in total. The van der Waals surface area contributed by atoms with Gasteiger partial charge in [-0.3, -0.25) is 4.79 Å². The van der Waals surface area contributed by atoms with E-state index in [0.29, 0.717) is 5.56 Å². The standard InChI is InChI=1S/C14H22N2OS/c1-10-6-7-11(12(15)18)13(17)16(10)9-5-8-14(2,3)4/h6-7H,5,8-9H2,1-4H3,(H2,15,18). The number of aromatic nitrogens is 1. The summed E-state index contributed by atoms with van der Waals surface area (Å²) in [6, 6.07) is 3.60. The van der Waals surface area contributed by atoms with Crippen molar-refractivity contribution in [1.29, 1.82) is 0 Å². The van der Waals surface area contributed by atoms with Gasteiger partial charge >= 0.3 is 0 Å². The Morgan fingerprint density at radius 3 is 2.50 bits per heavy atom. The summed E-state index contributed by atoms with van der Waals surface area (Å²) >= 11 is 4.89. The van der Waals surface area contributed by atoms with Crippen molar-refractivity contribution in [3.63, 3.8) is 0 Å². The Balaban J connectivity index is 2.92. The van der Waals surface area contributed by atoms with Crippen LogP contribution in [0.5, 0.6) is 0 Å². The van der Waals surface area contributed by atoms with Gasteiger partial charge < -0.3 is 10.3 Å². The third-order valence-corrected chi connectivity index (χ3v) is 3.19. The molecule has 0 radical (unpaired) electrons. The van der Waals surface area contributed by atoms with Gasteiger partial charge in [-0.25, -0.2) is 0 Å². The fraction of sp³-hybridized carbons (Fsp3) is 0.571. The molecule has 4 heteroatoms. The van der Waals surface area contributed by atoms with E-state index < -0.39 is 0 Å². The highest BCUT2D eigenvalue weighted by atomic mass is 32.1. The Bertz CT molecular complexity index is 497. The third kappa shape index (κ3) is 3.95. The van der Waals surface area contributed by atoms with Crippen molar-refractivity contribution in [1.82, 2.24) is 4.57 Å². The van der Waals surface area contributed by atoms with Gasteiger partial charge in [0.05, 0.1) is 5.56 Å². The largest absolute Gasteiger partial charge is 0.389 e. The zero-order valence-electron chi connectivity index (χ0n) is 11.6. The molecular weight excluding hydrogens is 244 g/mol. The summed E-state index contributed by atoms with van der Waals surface area (Å²) in [5.41, 5.74) is 7.16. The van der Waals surface area contributed by atoms with Gasteiger partial charge in [0.15, 0.2) is 0 Å². The summed E-state index contributed by atoms with van der Waals surface area (Å²) in [6.07, 6.45) is 2.06. The summed E-state index contributed by atoms with van der Waals surface area (Å²) in [6.45, 7) is 9.26. The summed E-state index contributed by atoms with van der Waals surface area (Å²) in [5.74, 6) is 0. The molecule has 0 aliphatic heterocycles. The molecule has 0 atom stereocenters. The van der Waals surface area contributed by atoms with Crippen molar-refractivity contribution in [2.24, 2.45) is 11.1 Å². The molecule has 1 aromatic heterocycles. The zero-order valence-corrected chi connectivity index (χ0v) is 12.4. The lowest BCUT2D eigenvalue weighted by Gasteiger charge is -2.19. The first-order chi connectivity index (χ1) is 8.22. The molecule has 0 spiro atoms. The first-order valence-corrected chi connectivity index (χ1v) is 6.63. The molecular formula is C14H22N2OS. The topological polar surface area (TPSA) is 48.0 Å². The zero-order chi connectivity index (χ0) is 13.9. The maximum Gasteiger partial charge on any atom is 0.260 e. The van der Waals surface area contributed by atoms with E-state index in [2.05, 4.69) is 20.8 Å². The van der Waals surface area contributed by atoms with Gasteiger partial charge in [-0.15, -0.1) is 0 Å². The van der Waals surface area contributed by atoms with E-state index in [0.717, 1.165) is 25.1 Å². The molecule has 0 fully saturated rings. The van der Waals surface area contributed by atoms with E-state index in [1.807, 2.05) is 13.0 Å². The average molecular weight is 266 g/mol. The molecule has 0 bridgehead atoms. The molecule has 18 heavy (non-hydrogen) atoms. The minimum atomic E-state index is -0.0728. The van der Waals surface area contributed by atoms with Crippen molar-refractivity contribution in [2.45, 2.75) is 47.1 Å². The van der Waals surface area contributed by atoms with Crippen LogP contribution in [0.15, 0.2) is 16.9 Å². The molecule has 0 aliphatic rings. The van der Waals surface area contributed by atoms with Crippen LogP contribution < -0.4 is 11.3 Å². The predicted octanol–water partition coefficient (Wildman–Crippen LogP) is 2.62. The first kappa shape index (κ1) is 14.9. The van der Waals surface area contributed by atoms with Crippen LogP contribution in [0.2, 0.25) is 0 Å². The summed E-state index contributed by atoms with van der Waals surface area (Å²) in [4.78, 5) is 12.4. The first-order valence-electron chi connectivity index (χ1n) is 6.22. The van der Waals surface area contributed by atoms with Crippen LogP contribution in [0.4, 0.5) is 0 Å². The van der Waals surface area contributed by atoms with E-state index in [-0.39, 0.29) is 16.0 Å². The quantitative estimate of drug-likeness (QED) is 0.852. The number of hydrogen-bond donors (Lipinski definition) is 1. The van der Waals surface area contributed by atoms with Crippen molar-refractivity contribution in [3.05, 3.63) is 33.7 Å². The number of nitrogens with two attached hydrogens (primary N) is 1. The summed E-state index contributed by atoms with van der Waals surface area (Å²) in [5, 5.41) is 0. The fourth-order valence-electron chi connectivity index (χ4n) is 1.90. The smallest absolute Gasteiger partial charge is 0.260 e. The van der Waals surface area contributed by atoms with Crippen LogP contribution >= 0.6 is 12.2 Å². The molecule has 1 heterocycles. The third-order valence-electron chi connectivity index (χ3n) is 2.97. The molecule has 1 aromatic rings. The molecule has 100 valence electrons. The summed E-state index contributed by atoms with van der Waals surface area (Å²) < 4.78 is 1.76. The van der Waals surface area contributed by atoms with Crippen molar-refractivity contribution in [3.8, 4) is 0 Å². The van der Waals surface area contributed by atoms with Gasteiger partial charge in [-0.1, -0.05) is 33.0 Å². The fourth-order valence-corrected chi connectivity index (χ4v) is 2.06.